The molecule has 1 fully saturated rings. The van der Waals surface area contributed by atoms with E-state index in [0.717, 1.165) is 25.7 Å². The molecule has 0 radical (unpaired) electrons. The lowest BCUT2D eigenvalue weighted by Crippen LogP contribution is -2.37. The first kappa shape index (κ1) is 23.3. The van der Waals surface area contributed by atoms with E-state index < -0.39 is 11.6 Å². The Labute approximate surface area is 190 Å². The maximum Gasteiger partial charge on any atom is 0.407 e. The molecule has 9 nitrogen and oxygen atoms in total. The van der Waals surface area contributed by atoms with E-state index in [0.29, 0.717) is 35.1 Å². The van der Waals surface area contributed by atoms with Crippen LogP contribution in [-0.2, 0) is 9.47 Å². The number of amides is 1. The number of hydrogen-bond acceptors (Lipinski definition) is 7. The first-order valence-electron chi connectivity index (χ1n) is 10.6. The van der Waals surface area contributed by atoms with Crippen LogP contribution in [0, 0.1) is 5.92 Å². The fourth-order valence-electron chi connectivity index (χ4n) is 3.61. The van der Waals surface area contributed by atoms with Gasteiger partial charge in [-0.25, -0.2) is 19.6 Å². The molecule has 3 rings (SSSR count). The summed E-state index contributed by atoms with van der Waals surface area (Å²) in [6.07, 6.45) is 6.91. The van der Waals surface area contributed by atoms with Gasteiger partial charge in [0.25, 0.3) is 0 Å². The summed E-state index contributed by atoms with van der Waals surface area (Å²) in [4.78, 5) is 32.8. The van der Waals surface area contributed by atoms with Gasteiger partial charge in [0.2, 0.25) is 0 Å². The molecule has 0 unspecified atom stereocenters. The highest BCUT2D eigenvalue weighted by Crippen LogP contribution is 2.28. The first-order valence-corrected chi connectivity index (χ1v) is 11.4. The monoisotopic (exact) mass is 495 g/mol. The minimum absolute atomic E-state index is 0.242. The zero-order chi connectivity index (χ0) is 22.6. The number of ether oxygens (including phenoxy) is 2. The number of anilines is 1. The number of carbonyl (C=O) groups excluding carboxylic acids is 2. The van der Waals surface area contributed by atoms with Crippen molar-refractivity contribution >= 4 is 39.5 Å². The number of nitrogens with zero attached hydrogens (tertiary/aromatic N) is 3. The number of hydrogen-bond donors (Lipinski definition) is 2. The van der Waals surface area contributed by atoms with Crippen molar-refractivity contribution in [2.24, 2.45) is 5.92 Å². The Morgan fingerprint density at radius 2 is 1.90 bits per heavy atom. The van der Waals surface area contributed by atoms with Crippen molar-refractivity contribution in [3.63, 3.8) is 0 Å². The Hall–Kier alpha value is -2.36. The second kappa shape index (κ2) is 9.84. The summed E-state index contributed by atoms with van der Waals surface area (Å²) in [7, 11) is 0. The van der Waals surface area contributed by atoms with Gasteiger partial charge in [0.15, 0.2) is 17.2 Å². The minimum atomic E-state index is -0.492. The lowest BCUT2D eigenvalue weighted by molar-refractivity contribution is 0.0507. The van der Waals surface area contributed by atoms with E-state index in [4.69, 9.17) is 9.47 Å². The zero-order valence-electron chi connectivity index (χ0n) is 18.4. The number of aromatic nitrogens is 3. The number of fused-ring (bicyclic) bond motifs is 1. The van der Waals surface area contributed by atoms with Crippen LogP contribution in [0.4, 0.5) is 10.6 Å². The summed E-state index contributed by atoms with van der Waals surface area (Å²) >= 11 is 3.42. The van der Waals surface area contributed by atoms with Crippen molar-refractivity contribution in [3.05, 3.63) is 22.7 Å². The molecular weight excluding hydrogens is 466 g/mol. The van der Waals surface area contributed by atoms with Crippen LogP contribution in [-0.4, -0.2) is 51.2 Å². The average molecular weight is 496 g/mol. The number of halogens is 1. The van der Waals surface area contributed by atoms with E-state index in [2.05, 4.69) is 36.5 Å². The molecule has 0 saturated heterocycles. The molecule has 170 valence electrons. The number of rotatable bonds is 6. The highest BCUT2D eigenvalue weighted by atomic mass is 79.9. The van der Waals surface area contributed by atoms with E-state index in [1.54, 1.807) is 23.7 Å². The number of carbonyl (C=O) groups is 2. The predicted molar refractivity (Wildman–Crippen MR) is 120 cm³/mol. The van der Waals surface area contributed by atoms with Crippen molar-refractivity contribution in [1.29, 1.82) is 0 Å². The Bertz CT molecular complexity index is 932. The molecule has 0 aliphatic heterocycles. The van der Waals surface area contributed by atoms with E-state index in [1.807, 2.05) is 20.8 Å². The maximum absolute atomic E-state index is 12.0. The summed E-state index contributed by atoms with van der Waals surface area (Å²) in [5, 5.41) is 6.35. The summed E-state index contributed by atoms with van der Waals surface area (Å²) in [6, 6.07) is 0.242. The van der Waals surface area contributed by atoms with Crippen molar-refractivity contribution in [2.45, 2.75) is 65.0 Å². The van der Waals surface area contributed by atoms with Gasteiger partial charge in [-0.2, -0.15) is 0 Å². The third kappa shape index (κ3) is 6.56. The van der Waals surface area contributed by atoms with Crippen LogP contribution >= 0.6 is 15.9 Å². The molecule has 10 heteroatoms. The van der Waals surface area contributed by atoms with Crippen molar-refractivity contribution in [3.8, 4) is 0 Å². The van der Waals surface area contributed by atoms with Crippen LogP contribution < -0.4 is 10.6 Å². The Morgan fingerprint density at radius 1 is 1.19 bits per heavy atom. The molecule has 2 aromatic heterocycles. The van der Waals surface area contributed by atoms with Crippen molar-refractivity contribution in [2.75, 3.05) is 18.5 Å². The van der Waals surface area contributed by atoms with Gasteiger partial charge in [-0.05, 0) is 75.2 Å². The second-order valence-corrected chi connectivity index (χ2v) is 9.55. The average Bonchev–Trinajstić information content (AvgIpc) is 3.10. The lowest BCUT2D eigenvalue weighted by atomic mass is 9.86. The number of imidazole rings is 1. The molecule has 31 heavy (non-hydrogen) atoms. The zero-order valence-corrected chi connectivity index (χ0v) is 20.0. The van der Waals surface area contributed by atoms with Gasteiger partial charge >= 0.3 is 12.1 Å². The van der Waals surface area contributed by atoms with Crippen LogP contribution in [0.5, 0.6) is 0 Å². The Morgan fingerprint density at radius 3 is 2.55 bits per heavy atom. The molecule has 2 heterocycles. The van der Waals surface area contributed by atoms with Gasteiger partial charge in [0.1, 0.15) is 10.2 Å². The van der Waals surface area contributed by atoms with Crippen LogP contribution in [0.2, 0.25) is 0 Å². The predicted octanol–water partition coefficient (Wildman–Crippen LogP) is 4.16. The van der Waals surface area contributed by atoms with E-state index in [-0.39, 0.29) is 17.8 Å². The number of nitrogens with one attached hydrogen (secondary N) is 2. The van der Waals surface area contributed by atoms with Gasteiger partial charge in [0.05, 0.1) is 6.61 Å². The summed E-state index contributed by atoms with van der Waals surface area (Å²) < 4.78 is 12.8. The topological polar surface area (TPSA) is 107 Å². The molecular formula is C21H30BrN5O4. The van der Waals surface area contributed by atoms with Crippen molar-refractivity contribution < 1.29 is 19.1 Å². The van der Waals surface area contributed by atoms with Crippen LogP contribution in [0.15, 0.2) is 17.0 Å². The SMILES string of the molecule is CCOC(=O)c1cn2cc(Br)nc(NC3CCC(CNC(=O)OC(C)(C)C)CC3)c2n1. The molecule has 2 aromatic rings. The summed E-state index contributed by atoms with van der Waals surface area (Å²) in [6.45, 7) is 8.23. The largest absolute Gasteiger partial charge is 0.461 e. The Balaban J connectivity index is 1.57. The summed E-state index contributed by atoms with van der Waals surface area (Å²) in [5.41, 5.74) is 0.343. The quantitative estimate of drug-likeness (QED) is 0.579. The first-order chi connectivity index (χ1) is 14.6. The molecule has 0 aromatic carbocycles. The van der Waals surface area contributed by atoms with Gasteiger partial charge < -0.3 is 24.5 Å². The summed E-state index contributed by atoms with van der Waals surface area (Å²) in [5.74, 6) is 0.592. The highest BCUT2D eigenvalue weighted by molar-refractivity contribution is 9.10. The van der Waals surface area contributed by atoms with E-state index in [1.165, 1.54) is 0 Å². The molecule has 0 atom stereocenters. The minimum Gasteiger partial charge on any atom is -0.461 e. The third-order valence-electron chi connectivity index (χ3n) is 5.01. The van der Waals surface area contributed by atoms with E-state index in [9.17, 15) is 9.59 Å². The van der Waals surface area contributed by atoms with Gasteiger partial charge in [0, 0.05) is 25.0 Å². The van der Waals surface area contributed by atoms with Gasteiger partial charge in [-0.1, -0.05) is 0 Å². The Kier molecular flexibility index (Phi) is 7.40. The molecule has 0 bridgehead atoms. The van der Waals surface area contributed by atoms with Crippen LogP contribution in [0.3, 0.4) is 0 Å². The van der Waals surface area contributed by atoms with E-state index >= 15 is 0 Å². The maximum atomic E-state index is 12.0. The number of esters is 1. The molecule has 2 N–H and O–H groups in total. The second-order valence-electron chi connectivity index (χ2n) is 8.73. The molecule has 0 spiro atoms. The van der Waals surface area contributed by atoms with Crippen LogP contribution in [0.1, 0.15) is 63.9 Å². The highest BCUT2D eigenvalue weighted by Gasteiger charge is 2.24. The molecule has 1 aliphatic rings. The third-order valence-corrected chi connectivity index (χ3v) is 5.40. The normalized spacial score (nSPS) is 19.1. The smallest absolute Gasteiger partial charge is 0.407 e. The fraction of sp³-hybridized carbons (Fsp3) is 0.619. The molecule has 1 saturated carbocycles. The van der Waals surface area contributed by atoms with Gasteiger partial charge in [-0.15, -0.1) is 0 Å². The van der Waals surface area contributed by atoms with Crippen molar-refractivity contribution in [1.82, 2.24) is 19.7 Å². The fourth-order valence-corrected chi connectivity index (χ4v) is 4.01. The van der Waals surface area contributed by atoms with Gasteiger partial charge in [-0.3, -0.25) is 0 Å². The number of alkyl carbamates (subject to hydrolysis) is 1. The van der Waals surface area contributed by atoms with Crippen LogP contribution in [0.25, 0.3) is 5.65 Å². The molecule has 1 amide bonds. The molecule has 1 aliphatic carbocycles. The standard InChI is InChI=1S/C21H30BrN5O4/c1-5-30-19(28)15-11-27-12-16(22)26-17(18(27)25-15)24-14-8-6-13(7-9-14)10-23-20(29)31-21(2,3)4/h11-14H,5-10H2,1-4H3,(H,23,29)(H,24,26). The lowest BCUT2D eigenvalue weighted by Gasteiger charge is -2.30.